The van der Waals surface area contributed by atoms with Crippen molar-refractivity contribution >= 4 is 20.8 Å². The Hall–Kier alpha value is -2.93. The van der Waals surface area contributed by atoms with E-state index in [2.05, 4.69) is 103 Å². The van der Waals surface area contributed by atoms with Crippen molar-refractivity contribution < 1.29 is 9.16 Å². The third kappa shape index (κ3) is 7.29. The quantitative estimate of drug-likeness (QED) is 0.213. The van der Waals surface area contributed by atoms with Crippen LogP contribution in [0.15, 0.2) is 85.2 Å². The van der Waals surface area contributed by atoms with Gasteiger partial charge in [0, 0.05) is 19.6 Å². The van der Waals surface area contributed by atoms with Crippen molar-refractivity contribution in [2.24, 2.45) is 5.92 Å². The first-order valence-electron chi connectivity index (χ1n) is 12.7. The predicted molar refractivity (Wildman–Crippen MR) is 148 cm³/mol. The van der Waals surface area contributed by atoms with Crippen LogP contribution in [0, 0.1) is 5.92 Å². The van der Waals surface area contributed by atoms with Gasteiger partial charge in [0.05, 0.1) is 17.9 Å². The van der Waals surface area contributed by atoms with Crippen molar-refractivity contribution in [1.29, 1.82) is 0 Å². The van der Waals surface area contributed by atoms with Gasteiger partial charge in [0.15, 0.2) is 0 Å². The van der Waals surface area contributed by atoms with Crippen LogP contribution in [0.4, 0.5) is 0 Å². The smallest absolute Gasteiger partial charge is 0.236 e. The van der Waals surface area contributed by atoms with Crippen LogP contribution in [-0.4, -0.2) is 43.9 Å². The molecule has 0 bridgehead atoms. The molecule has 0 aliphatic rings. The summed E-state index contributed by atoms with van der Waals surface area (Å²) in [5.41, 5.74) is 4.41. The molecule has 4 rings (SSSR count). The first-order valence-corrected chi connectivity index (χ1v) is 13.6. The standard InChI is InChI=1S/C30H37N3O2Si/c1-23(2)30(3,4)36-35-26(21-34-28-17-11-16-27-29(28)32-22-31-27)20-33(18-24-12-7-5-8-13-24)19-25-14-9-6-10-15-25/h5-17,22-23,26H,18-21H2,1-4H3,(H,31,32)/t26-/m0/s1. The molecule has 0 spiro atoms. The molecule has 0 saturated heterocycles. The van der Waals surface area contributed by atoms with Gasteiger partial charge in [-0.15, -0.1) is 0 Å². The number of aromatic nitrogens is 2. The molecule has 5 nitrogen and oxygen atoms in total. The summed E-state index contributed by atoms with van der Waals surface area (Å²) in [5.74, 6) is 1.31. The van der Waals surface area contributed by atoms with Gasteiger partial charge in [0.1, 0.15) is 17.9 Å². The summed E-state index contributed by atoms with van der Waals surface area (Å²) in [4.78, 5) is 10.1. The van der Waals surface area contributed by atoms with Gasteiger partial charge in [-0.25, -0.2) is 4.98 Å². The van der Waals surface area contributed by atoms with Gasteiger partial charge >= 0.3 is 0 Å². The number of nitrogens with zero attached hydrogens (tertiary/aromatic N) is 2. The van der Waals surface area contributed by atoms with Crippen LogP contribution < -0.4 is 4.74 Å². The number of H-pyrrole nitrogens is 1. The highest BCUT2D eigenvalue weighted by molar-refractivity contribution is 6.32. The van der Waals surface area contributed by atoms with E-state index in [9.17, 15) is 0 Å². The Morgan fingerprint density at radius 3 is 2.14 bits per heavy atom. The van der Waals surface area contributed by atoms with E-state index in [0.717, 1.165) is 36.4 Å². The zero-order valence-electron chi connectivity index (χ0n) is 21.8. The molecule has 2 radical (unpaired) electrons. The van der Waals surface area contributed by atoms with E-state index in [-0.39, 0.29) is 11.1 Å². The van der Waals surface area contributed by atoms with Crippen LogP contribution in [-0.2, 0) is 17.5 Å². The number of fused-ring (bicyclic) bond motifs is 1. The highest BCUT2D eigenvalue weighted by atomic mass is 28.2. The first kappa shape index (κ1) is 26.1. The van der Waals surface area contributed by atoms with E-state index in [1.165, 1.54) is 11.1 Å². The van der Waals surface area contributed by atoms with Gasteiger partial charge in [-0.1, -0.05) is 94.4 Å². The van der Waals surface area contributed by atoms with Gasteiger partial charge < -0.3 is 14.1 Å². The maximum absolute atomic E-state index is 6.62. The van der Waals surface area contributed by atoms with E-state index in [0.29, 0.717) is 22.3 Å². The fourth-order valence-corrected chi connectivity index (χ4v) is 4.72. The van der Waals surface area contributed by atoms with E-state index in [4.69, 9.17) is 9.16 Å². The number of para-hydroxylation sites is 1. The van der Waals surface area contributed by atoms with Crippen LogP contribution in [0.2, 0.25) is 5.04 Å². The molecule has 0 saturated carbocycles. The highest BCUT2D eigenvalue weighted by Crippen LogP contribution is 2.33. The van der Waals surface area contributed by atoms with Crippen LogP contribution >= 0.6 is 0 Å². The molecular formula is C30H37N3O2Si. The normalized spacial score (nSPS) is 12.9. The van der Waals surface area contributed by atoms with Crippen LogP contribution in [0.5, 0.6) is 5.75 Å². The second kappa shape index (κ2) is 12.3. The van der Waals surface area contributed by atoms with Crippen molar-refractivity contribution in [2.75, 3.05) is 13.2 Å². The molecule has 0 aliphatic heterocycles. The van der Waals surface area contributed by atoms with Gasteiger partial charge in [-0.2, -0.15) is 0 Å². The summed E-state index contributed by atoms with van der Waals surface area (Å²) in [7, 11) is 0.381. The average Bonchev–Trinajstić information content (AvgIpc) is 3.36. The Labute approximate surface area is 217 Å². The lowest BCUT2D eigenvalue weighted by Gasteiger charge is -2.32. The maximum Gasteiger partial charge on any atom is 0.236 e. The molecule has 3 aromatic carbocycles. The number of ether oxygens (including phenoxy) is 1. The molecule has 36 heavy (non-hydrogen) atoms. The van der Waals surface area contributed by atoms with E-state index < -0.39 is 0 Å². The van der Waals surface area contributed by atoms with Gasteiger partial charge in [-0.3, -0.25) is 4.90 Å². The van der Waals surface area contributed by atoms with Gasteiger partial charge in [0.25, 0.3) is 0 Å². The predicted octanol–water partition coefficient (Wildman–Crippen LogP) is 6.50. The summed E-state index contributed by atoms with van der Waals surface area (Å²) >= 11 is 0. The summed E-state index contributed by atoms with van der Waals surface area (Å²) in [6.07, 6.45) is 1.63. The molecule has 4 aromatic rings. The molecule has 1 heterocycles. The SMILES string of the molecule is CC(C)C(C)(C)[Si]O[C@H](COc1cccc2[nH]cnc12)CN(Cc1ccccc1)Cc1ccccc1. The lowest BCUT2D eigenvalue weighted by atomic mass is 9.99. The van der Waals surface area contributed by atoms with Crippen molar-refractivity contribution in [3.05, 3.63) is 96.3 Å². The minimum atomic E-state index is -0.0806. The minimum Gasteiger partial charge on any atom is -0.489 e. The minimum absolute atomic E-state index is 0.0806. The second-order valence-corrected chi connectivity index (χ2v) is 12.0. The third-order valence-corrected chi connectivity index (χ3v) is 8.28. The number of aromatic amines is 1. The number of imidazole rings is 1. The zero-order chi connectivity index (χ0) is 25.4. The molecule has 1 N–H and O–H groups in total. The maximum atomic E-state index is 6.62. The Kier molecular flexibility index (Phi) is 8.96. The average molecular weight is 500 g/mol. The van der Waals surface area contributed by atoms with Crippen molar-refractivity contribution in [2.45, 2.75) is 51.9 Å². The number of hydrogen-bond acceptors (Lipinski definition) is 4. The molecule has 0 fully saturated rings. The Morgan fingerprint density at radius 1 is 0.889 bits per heavy atom. The summed E-state index contributed by atoms with van der Waals surface area (Å²) in [6, 6.07) is 27.3. The molecule has 0 unspecified atom stereocenters. The topological polar surface area (TPSA) is 50.4 Å². The Bertz CT molecular complexity index is 1150. The molecule has 6 heteroatoms. The van der Waals surface area contributed by atoms with E-state index >= 15 is 0 Å². The van der Waals surface area contributed by atoms with Crippen molar-refractivity contribution in [3.63, 3.8) is 0 Å². The highest BCUT2D eigenvalue weighted by Gasteiger charge is 2.28. The van der Waals surface area contributed by atoms with Crippen LogP contribution in [0.1, 0.15) is 38.8 Å². The van der Waals surface area contributed by atoms with E-state index in [1.54, 1.807) is 6.33 Å². The monoisotopic (exact) mass is 499 g/mol. The largest absolute Gasteiger partial charge is 0.489 e. The van der Waals surface area contributed by atoms with Crippen LogP contribution in [0.3, 0.4) is 0 Å². The number of nitrogens with one attached hydrogen (secondary N) is 1. The molecule has 1 aromatic heterocycles. The fourth-order valence-electron chi connectivity index (χ4n) is 3.87. The lowest BCUT2D eigenvalue weighted by Crippen LogP contribution is -2.39. The fraction of sp³-hybridized carbons (Fsp3) is 0.367. The Balaban J connectivity index is 1.52. The molecule has 188 valence electrons. The molecule has 0 amide bonds. The summed E-state index contributed by atoms with van der Waals surface area (Å²) in [6.45, 7) is 12.0. The zero-order valence-corrected chi connectivity index (χ0v) is 22.8. The van der Waals surface area contributed by atoms with Crippen LogP contribution in [0.25, 0.3) is 11.0 Å². The number of hydrogen-bond donors (Lipinski definition) is 1. The molecule has 1 atom stereocenters. The number of rotatable bonds is 13. The summed E-state index contributed by atoms with van der Waals surface area (Å²) in [5, 5.41) is 0.101. The van der Waals surface area contributed by atoms with Gasteiger partial charge in [-0.05, 0) is 34.2 Å². The second-order valence-electron chi connectivity index (χ2n) is 10.2. The number of benzene rings is 3. The summed E-state index contributed by atoms with van der Waals surface area (Å²) < 4.78 is 13.0. The molecular weight excluding hydrogens is 462 g/mol. The first-order chi connectivity index (χ1) is 17.4. The lowest BCUT2D eigenvalue weighted by molar-refractivity contribution is 0.0792. The van der Waals surface area contributed by atoms with E-state index in [1.807, 2.05) is 18.2 Å². The third-order valence-electron chi connectivity index (χ3n) is 6.73. The van der Waals surface area contributed by atoms with Gasteiger partial charge in [0.2, 0.25) is 9.76 Å². The molecule has 0 aliphatic carbocycles. The van der Waals surface area contributed by atoms with Crippen molar-refractivity contribution in [3.8, 4) is 5.75 Å². The Morgan fingerprint density at radius 2 is 1.53 bits per heavy atom. The van der Waals surface area contributed by atoms with Crippen molar-refractivity contribution in [1.82, 2.24) is 14.9 Å².